The van der Waals surface area contributed by atoms with E-state index in [4.69, 9.17) is 4.74 Å². The lowest BCUT2D eigenvalue weighted by Gasteiger charge is -2.22. The number of fused-ring (bicyclic) bond motifs is 2. The minimum atomic E-state index is 0.812. The maximum absolute atomic E-state index is 6.02. The van der Waals surface area contributed by atoms with Crippen LogP contribution in [0.15, 0.2) is 22.7 Å². The molecule has 1 aromatic rings. The van der Waals surface area contributed by atoms with Crippen LogP contribution in [0.3, 0.4) is 0 Å². The Balaban J connectivity index is 1.62. The van der Waals surface area contributed by atoms with Gasteiger partial charge in [0.1, 0.15) is 5.75 Å². The lowest BCUT2D eigenvalue weighted by Crippen LogP contribution is -2.18. The fourth-order valence-corrected chi connectivity index (χ4v) is 3.85. The number of rotatable bonds is 3. The molecule has 92 valence electrons. The molecule has 3 unspecified atom stereocenters. The molecule has 2 saturated carbocycles. The molecule has 0 radical (unpaired) electrons. The Bertz CT molecular complexity index is 415. The van der Waals surface area contributed by atoms with Gasteiger partial charge in [-0.25, -0.2) is 0 Å². The van der Waals surface area contributed by atoms with Gasteiger partial charge >= 0.3 is 0 Å². The van der Waals surface area contributed by atoms with Gasteiger partial charge in [-0.05, 0) is 61.6 Å². The average molecular weight is 295 g/mol. The Morgan fingerprint density at radius 2 is 2.18 bits per heavy atom. The summed E-state index contributed by atoms with van der Waals surface area (Å²) in [5.74, 6) is 3.82. The van der Waals surface area contributed by atoms with E-state index in [0.29, 0.717) is 0 Å². The van der Waals surface area contributed by atoms with Crippen molar-refractivity contribution in [2.75, 3.05) is 6.61 Å². The van der Waals surface area contributed by atoms with Gasteiger partial charge in [-0.3, -0.25) is 0 Å². The molecule has 2 bridgehead atoms. The normalized spacial score (nSPS) is 30.8. The van der Waals surface area contributed by atoms with E-state index in [-0.39, 0.29) is 0 Å². The van der Waals surface area contributed by atoms with Crippen LogP contribution in [0, 0.1) is 24.7 Å². The molecule has 3 rings (SSSR count). The molecule has 3 atom stereocenters. The van der Waals surface area contributed by atoms with Gasteiger partial charge in [0.05, 0.1) is 6.61 Å². The van der Waals surface area contributed by atoms with Crippen LogP contribution in [0.5, 0.6) is 5.75 Å². The van der Waals surface area contributed by atoms with Gasteiger partial charge in [-0.1, -0.05) is 28.4 Å². The van der Waals surface area contributed by atoms with Crippen LogP contribution in [0.2, 0.25) is 0 Å². The van der Waals surface area contributed by atoms with Crippen molar-refractivity contribution in [2.24, 2.45) is 17.8 Å². The molecule has 17 heavy (non-hydrogen) atoms. The highest BCUT2D eigenvalue weighted by Crippen LogP contribution is 2.48. The summed E-state index contributed by atoms with van der Waals surface area (Å²) in [6, 6.07) is 6.27. The number of hydrogen-bond donors (Lipinski definition) is 0. The monoisotopic (exact) mass is 294 g/mol. The summed E-state index contributed by atoms with van der Waals surface area (Å²) in [5.41, 5.74) is 1.23. The molecule has 1 aromatic carbocycles. The van der Waals surface area contributed by atoms with Crippen LogP contribution in [0.25, 0.3) is 0 Å². The highest BCUT2D eigenvalue weighted by atomic mass is 79.9. The predicted molar refractivity (Wildman–Crippen MR) is 73.3 cm³/mol. The minimum absolute atomic E-state index is 0.812. The summed E-state index contributed by atoms with van der Waals surface area (Å²) in [7, 11) is 0. The SMILES string of the molecule is Cc1ccc(Br)cc1OCC1CC2CCC1C2. The van der Waals surface area contributed by atoms with Crippen LogP contribution in [0.4, 0.5) is 0 Å². The molecular weight excluding hydrogens is 276 g/mol. The molecule has 0 spiro atoms. The first-order valence-corrected chi connectivity index (χ1v) is 7.40. The molecule has 2 heteroatoms. The molecule has 1 nitrogen and oxygen atoms in total. The van der Waals surface area contributed by atoms with Crippen LogP contribution in [-0.2, 0) is 0 Å². The van der Waals surface area contributed by atoms with Gasteiger partial charge < -0.3 is 4.74 Å². The molecular formula is C15H19BrO. The van der Waals surface area contributed by atoms with Gasteiger partial charge in [0.15, 0.2) is 0 Å². The first-order valence-electron chi connectivity index (χ1n) is 6.61. The van der Waals surface area contributed by atoms with E-state index in [2.05, 4.69) is 41.1 Å². The van der Waals surface area contributed by atoms with E-state index in [0.717, 1.165) is 34.6 Å². The van der Waals surface area contributed by atoms with Crippen molar-refractivity contribution in [3.8, 4) is 5.75 Å². The highest BCUT2D eigenvalue weighted by Gasteiger charge is 2.39. The first-order chi connectivity index (χ1) is 8.22. The van der Waals surface area contributed by atoms with E-state index in [1.807, 2.05) is 0 Å². The Labute approximate surface area is 112 Å². The first kappa shape index (κ1) is 11.6. The van der Waals surface area contributed by atoms with Crippen molar-refractivity contribution in [1.29, 1.82) is 0 Å². The molecule has 0 aromatic heterocycles. The number of aryl methyl sites for hydroxylation is 1. The lowest BCUT2D eigenvalue weighted by atomic mass is 9.89. The van der Waals surface area contributed by atoms with Crippen LogP contribution < -0.4 is 4.74 Å². The lowest BCUT2D eigenvalue weighted by molar-refractivity contribution is 0.194. The third-order valence-corrected chi connectivity index (χ3v) is 4.98. The van der Waals surface area contributed by atoms with Crippen molar-refractivity contribution in [3.63, 3.8) is 0 Å². The smallest absolute Gasteiger partial charge is 0.123 e. The number of hydrogen-bond acceptors (Lipinski definition) is 1. The minimum Gasteiger partial charge on any atom is -0.493 e. The maximum Gasteiger partial charge on any atom is 0.123 e. The zero-order valence-corrected chi connectivity index (χ0v) is 11.9. The largest absolute Gasteiger partial charge is 0.493 e. The van der Waals surface area contributed by atoms with E-state index < -0.39 is 0 Å². The fraction of sp³-hybridized carbons (Fsp3) is 0.600. The van der Waals surface area contributed by atoms with E-state index in [1.165, 1.54) is 31.2 Å². The maximum atomic E-state index is 6.02. The Morgan fingerprint density at radius 1 is 1.29 bits per heavy atom. The van der Waals surface area contributed by atoms with Crippen molar-refractivity contribution in [1.82, 2.24) is 0 Å². The second-order valence-corrected chi connectivity index (χ2v) is 6.57. The average Bonchev–Trinajstić information content (AvgIpc) is 2.92. The fourth-order valence-electron chi connectivity index (χ4n) is 3.51. The third-order valence-electron chi connectivity index (χ3n) is 4.49. The standard InChI is InChI=1S/C15H19BrO/c1-10-2-5-14(16)8-15(10)17-9-13-7-11-3-4-12(13)6-11/h2,5,8,11-13H,3-4,6-7,9H2,1H3. The quantitative estimate of drug-likeness (QED) is 0.793. The molecule has 0 N–H and O–H groups in total. The van der Waals surface area contributed by atoms with Crippen LogP contribution in [0.1, 0.15) is 31.2 Å². The van der Waals surface area contributed by atoms with E-state index in [1.54, 1.807) is 0 Å². The predicted octanol–water partition coefficient (Wildman–Crippen LogP) is 4.57. The molecule has 0 saturated heterocycles. The summed E-state index contributed by atoms with van der Waals surface area (Å²) in [5, 5.41) is 0. The highest BCUT2D eigenvalue weighted by molar-refractivity contribution is 9.10. The topological polar surface area (TPSA) is 9.23 Å². The van der Waals surface area contributed by atoms with Crippen LogP contribution in [-0.4, -0.2) is 6.61 Å². The summed E-state index contributed by atoms with van der Waals surface area (Å²) >= 11 is 3.50. The van der Waals surface area contributed by atoms with Gasteiger partial charge in [0.25, 0.3) is 0 Å². The third kappa shape index (κ3) is 2.37. The van der Waals surface area contributed by atoms with Crippen molar-refractivity contribution >= 4 is 15.9 Å². The Hall–Kier alpha value is -0.500. The molecule has 2 aliphatic rings. The molecule has 2 aliphatic carbocycles. The van der Waals surface area contributed by atoms with Crippen LogP contribution >= 0.6 is 15.9 Å². The van der Waals surface area contributed by atoms with E-state index >= 15 is 0 Å². The zero-order valence-electron chi connectivity index (χ0n) is 10.3. The van der Waals surface area contributed by atoms with Crippen molar-refractivity contribution in [2.45, 2.75) is 32.6 Å². The van der Waals surface area contributed by atoms with Gasteiger partial charge in [-0.15, -0.1) is 0 Å². The summed E-state index contributed by atoms with van der Waals surface area (Å²) in [6.45, 7) is 3.03. The van der Waals surface area contributed by atoms with Gasteiger partial charge in [0.2, 0.25) is 0 Å². The van der Waals surface area contributed by atoms with Crippen molar-refractivity contribution < 1.29 is 4.74 Å². The Kier molecular flexibility index (Phi) is 3.16. The summed E-state index contributed by atoms with van der Waals surface area (Å²) in [6.07, 6.45) is 5.77. The number of benzene rings is 1. The summed E-state index contributed by atoms with van der Waals surface area (Å²) in [4.78, 5) is 0. The van der Waals surface area contributed by atoms with Gasteiger partial charge in [0, 0.05) is 4.47 Å². The summed E-state index contributed by atoms with van der Waals surface area (Å²) < 4.78 is 7.13. The molecule has 0 heterocycles. The second-order valence-electron chi connectivity index (χ2n) is 5.66. The molecule has 0 aliphatic heterocycles. The molecule has 0 amide bonds. The second kappa shape index (κ2) is 4.64. The van der Waals surface area contributed by atoms with Crippen molar-refractivity contribution in [3.05, 3.63) is 28.2 Å². The zero-order chi connectivity index (χ0) is 11.8. The Morgan fingerprint density at radius 3 is 2.88 bits per heavy atom. The molecule has 2 fully saturated rings. The number of ether oxygens (including phenoxy) is 1. The number of halogens is 1. The van der Waals surface area contributed by atoms with E-state index in [9.17, 15) is 0 Å². The van der Waals surface area contributed by atoms with Gasteiger partial charge in [-0.2, -0.15) is 0 Å².